The Bertz CT molecular complexity index is 1290. The van der Waals surface area contributed by atoms with Gasteiger partial charge in [0.25, 0.3) is 5.56 Å². The maximum atomic E-state index is 13.7. The molecule has 0 spiro atoms. The van der Waals surface area contributed by atoms with Crippen molar-refractivity contribution in [1.29, 1.82) is 0 Å². The quantitative estimate of drug-likeness (QED) is 0.206. The monoisotopic (exact) mass is 497 g/mol. The average molecular weight is 498 g/mol. The van der Waals surface area contributed by atoms with Gasteiger partial charge in [-0.3, -0.25) is 14.2 Å². The molecule has 0 aliphatic carbocycles. The fourth-order valence-corrected chi connectivity index (χ4v) is 6.60. The van der Waals surface area contributed by atoms with Crippen LogP contribution < -0.4 is 5.56 Å². The molecule has 1 fully saturated rings. The molecule has 6 nitrogen and oxygen atoms in total. The summed E-state index contributed by atoms with van der Waals surface area (Å²) in [5.74, 6) is 0.880. The van der Waals surface area contributed by atoms with E-state index in [0.717, 1.165) is 27.4 Å². The Balaban J connectivity index is 1.42. The lowest BCUT2D eigenvalue weighted by Gasteiger charge is -2.26. The molecule has 0 atom stereocenters. The van der Waals surface area contributed by atoms with E-state index in [2.05, 4.69) is 0 Å². The number of hydrogen-bond donors (Lipinski definition) is 0. The van der Waals surface area contributed by atoms with E-state index in [0.29, 0.717) is 49.0 Å². The van der Waals surface area contributed by atoms with Gasteiger partial charge in [0, 0.05) is 41.1 Å². The number of para-hydroxylation sites is 1. The third kappa shape index (κ3) is 4.77. The number of ether oxygens (including phenoxy) is 1. The van der Waals surface area contributed by atoms with Gasteiger partial charge in [0.2, 0.25) is 5.91 Å². The van der Waals surface area contributed by atoms with Crippen LogP contribution in [0.5, 0.6) is 0 Å². The fraction of sp³-hybridized carbons (Fsp3) is 0.292. The number of morpholine rings is 1. The summed E-state index contributed by atoms with van der Waals surface area (Å²) in [5, 5.41) is 5.37. The lowest BCUT2D eigenvalue weighted by Crippen LogP contribution is -2.40. The van der Waals surface area contributed by atoms with Gasteiger partial charge in [-0.05, 0) is 30.0 Å². The van der Waals surface area contributed by atoms with Crippen LogP contribution in [0.2, 0.25) is 0 Å². The molecule has 5 rings (SSSR count). The Morgan fingerprint density at radius 2 is 1.91 bits per heavy atom. The van der Waals surface area contributed by atoms with Crippen LogP contribution in [0.3, 0.4) is 0 Å². The van der Waals surface area contributed by atoms with E-state index in [4.69, 9.17) is 9.72 Å². The summed E-state index contributed by atoms with van der Waals surface area (Å²) >= 11 is 4.66. The summed E-state index contributed by atoms with van der Waals surface area (Å²) in [4.78, 5) is 34.7. The van der Waals surface area contributed by atoms with E-state index in [1.165, 1.54) is 23.1 Å². The van der Waals surface area contributed by atoms with Crippen LogP contribution in [0.4, 0.5) is 0 Å². The van der Waals surface area contributed by atoms with E-state index >= 15 is 0 Å². The predicted octanol–water partition coefficient (Wildman–Crippen LogP) is 4.91. The summed E-state index contributed by atoms with van der Waals surface area (Å²) in [6.07, 6.45) is 1.22. The molecule has 0 bridgehead atoms. The lowest BCUT2D eigenvalue weighted by molar-refractivity contribution is -0.135. The zero-order valence-electron chi connectivity index (χ0n) is 17.9. The first kappa shape index (κ1) is 22.3. The van der Waals surface area contributed by atoms with Gasteiger partial charge in [-0.1, -0.05) is 36.0 Å². The van der Waals surface area contributed by atoms with Crippen molar-refractivity contribution in [3.63, 3.8) is 0 Å². The summed E-state index contributed by atoms with van der Waals surface area (Å²) < 4.78 is 7.03. The maximum absolute atomic E-state index is 13.7. The first-order valence-corrected chi connectivity index (χ1v) is 13.6. The molecule has 1 aliphatic heterocycles. The molecule has 0 radical (unpaired) electrons. The third-order valence-electron chi connectivity index (χ3n) is 5.51. The van der Waals surface area contributed by atoms with Crippen molar-refractivity contribution in [2.24, 2.45) is 0 Å². The minimum Gasteiger partial charge on any atom is -0.378 e. The highest BCUT2D eigenvalue weighted by atomic mass is 32.2. The third-order valence-corrected chi connectivity index (χ3v) is 8.31. The molecule has 170 valence electrons. The Kier molecular flexibility index (Phi) is 6.91. The highest BCUT2D eigenvalue weighted by Crippen LogP contribution is 2.35. The van der Waals surface area contributed by atoms with Gasteiger partial charge in [-0.2, -0.15) is 0 Å². The maximum Gasteiger partial charge on any atom is 0.268 e. The summed E-state index contributed by atoms with van der Waals surface area (Å²) in [5.41, 5.74) is 1.69. The Hall–Kier alpha value is -2.46. The van der Waals surface area contributed by atoms with Crippen LogP contribution in [0, 0.1) is 0 Å². The molecule has 4 aromatic rings. The molecule has 9 heteroatoms. The van der Waals surface area contributed by atoms with Crippen LogP contribution in [-0.2, 0) is 9.53 Å². The molecule has 0 saturated carbocycles. The fourth-order valence-electron chi connectivity index (χ4n) is 3.84. The molecule has 1 aromatic carbocycles. The summed E-state index contributed by atoms with van der Waals surface area (Å²) in [7, 11) is 0. The van der Waals surface area contributed by atoms with Crippen LogP contribution >= 0.6 is 34.4 Å². The number of hydrogen-bond acceptors (Lipinski definition) is 7. The van der Waals surface area contributed by atoms with Crippen molar-refractivity contribution < 1.29 is 9.53 Å². The van der Waals surface area contributed by atoms with Gasteiger partial charge in [0.15, 0.2) is 5.16 Å². The van der Waals surface area contributed by atoms with E-state index in [1.807, 2.05) is 58.1 Å². The molecule has 4 heterocycles. The van der Waals surface area contributed by atoms with Crippen LogP contribution in [0.15, 0.2) is 63.2 Å². The first-order valence-electron chi connectivity index (χ1n) is 10.8. The van der Waals surface area contributed by atoms with Gasteiger partial charge in [0.1, 0.15) is 4.83 Å². The van der Waals surface area contributed by atoms with Crippen molar-refractivity contribution in [1.82, 2.24) is 14.5 Å². The average Bonchev–Trinajstić information content (AvgIpc) is 3.53. The van der Waals surface area contributed by atoms with Crippen molar-refractivity contribution in [2.45, 2.75) is 18.0 Å². The smallest absolute Gasteiger partial charge is 0.268 e. The topological polar surface area (TPSA) is 64.4 Å². The number of amides is 1. The molecule has 3 aromatic heterocycles. The number of fused-ring (bicyclic) bond motifs is 1. The molecule has 1 aliphatic rings. The number of benzene rings is 1. The van der Waals surface area contributed by atoms with Gasteiger partial charge >= 0.3 is 0 Å². The Labute approximate surface area is 203 Å². The minimum absolute atomic E-state index is 0.0530. The zero-order valence-corrected chi connectivity index (χ0v) is 20.4. The number of thioether (sulfide) groups is 1. The van der Waals surface area contributed by atoms with Gasteiger partial charge in [-0.25, -0.2) is 4.98 Å². The largest absolute Gasteiger partial charge is 0.378 e. The molecule has 0 unspecified atom stereocenters. The number of carbonyl (C=O) groups excluding carboxylic acids is 1. The summed E-state index contributed by atoms with van der Waals surface area (Å²) in [6, 6.07) is 13.7. The van der Waals surface area contributed by atoms with Crippen molar-refractivity contribution in [2.75, 3.05) is 32.1 Å². The van der Waals surface area contributed by atoms with Crippen molar-refractivity contribution in [3.8, 4) is 16.1 Å². The van der Waals surface area contributed by atoms with E-state index < -0.39 is 0 Å². The molecule has 33 heavy (non-hydrogen) atoms. The highest BCUT2D eigenvalue weighted by Gasteiger charge is 2.20. The molecular formula is C24H23N3O3S3. The molecule has 0 N–H and O–H groups in total. The van der Waals surface area contributed by atoms with E-state index in [1.54, 1.807) is 15.9 Å². The number of aromatic nitrogens is 2. The van der Waals surface area contributed by atoms with Crippen LogP contribution in [0.1, 0.15) is 12.8 Å². The standard InChI is InChI=1S/C24H23N3O3S3/c28-20(26-10-12-30-13-11-26)9-5-15-32-24-25-22-21(18(16-33-22)19-8-4-14-31-19)23(29)27(24)17-6-2-1-3-7-17/h1-4,6-8,14,16H,5,9-13,15H2. The molecular weight excluding hydrogens is 474 g/mol. The second kappa shape index (κ2) is 10.2. The number of carbonyl (C=O) groups is 1. The molecule has 1 saturated heterocycles. The molecule has 1 amide bonds. The normalized spacial score (nSPS) is 14.1. The number of nitrogens with zero attached hydrogens (tertiary/aromatic N) is 3. The second-order valence-electron chi connectivity index (χ2n) is 7.62. The zero-order chi connectivity index (χ0) is 22.6. The SMILES string of the molecule is O=C(CCCSc1nc2scc(-c3cccs3)c2c(=O)n1-c1ccccc1)N1CCOCC1. The van der Waals surface area contributed by atoms with E-state index in [9.17, 15) is 9.59 Å². The lowest BCUT2D eigenvalue weighted by atomic mass is 10.2. The predicted molar refractivity (Wildman–Crippen MR) is 136 cm³/mol. The van der Waals surface area contributed by atoms with Crippen molar-refractivity contribution >= 4 is 50.6 Å². The number of rotatable bonds is 7. The van der Waals surface area contributed by atoms with Crippen molar-refractivity contribution in [3.05, 3.63) is 63.6 Å². The van der Waals surface area contributed by atoms with Gasteiger partial charge < -0.3 is 9.64 Å². The second-order valence-corrected chi connectivity index (χ2v) is 10.5. The number of thiophene rings is 2. The minimum atomic E-state index is -0.0530. The Morgan fingerprint density at radius 1 is 1.09 bits per heavy atom. The van der Waals surface area contributed by atoms with Gasteiger partial charge in [-0.15, -0.1) is 22.7 Å². The van der Waals surface area contributed by atoms with E-state index in [-0.39, 0.29) is 11.5 Å². The van der Waals surface area contributed by atoms with Crippen LogP contribution in [-0.4, -0.2) is 52.4 Å². The Morgan fingerprint density at radius 3 is 2.67 bits per heavy atom. The first-order chi connectivity index (χ1) is 16.2. The van der Waals surface area contributed by atoms with Crippen LogP contribution in [0.25, 0.3) is 26.3 Å². The van der Waals surface area contributed by atoms with Gasteiger partial charge in [0.05, 0.1) is 24.3 Å². The summed E-state index contributed by atoms with van der Waals surface area (Å²) in [6.45, 7) is 2.56. The highest BCUT2D eigenvalue weighted by molar-refractivity contribution is 7.99.